The van der Waals surface area contributed by atoms with E-state index >= 15 is 0 Å². The van der Waals surface area contributed by atoms with Crippen molar-refractivity contribution in [2.45, 2.75) is 52.6 Å². The lowest BCUT2D eigenvalue weighted by Gasteiger charge is -2.14. The van der Waals surface area contributed by atoms with Gasteiger partial charge in [0.15, 0.2) is 0 Å². The van der Waals surface area contributed by atoms with E-state index in [-0.39, 0.29) is 11.8 Å². The van der Waals surface area contributed by atoms with Gasteiger partial charge in [0.1, 0.15) is 11.6 Å². The molecule has 10 nitrogen and oxygen atoms in total. The third-order valence-corrected chi connectivity index (χ3v) is 7.06. The maximum absolute atomic E-state index is 12.5. The number of carbonyl (C=O) groups is 2. The van der Waals surface area contributed by atoms with Crippen molar-refractivity contribution in [2.75, 3.05) is 10.6 Å². The Hall–Kier alpha value is -4.54. The van der Waals surface area contributed by atoms with Gasteiger partial charge in [0, 0.05) is 22.5 Å². The van der Waals surface area contributed by atoms with Gasteiger partial charge in [-0.15, -0.1) is 0 Å². The first kappa shape index (κ1) is 29.0. The summed E-state index contributed by atoms with van der Waals surface area (Å²) in [4.78, 5) is 41.5. The number of amides is 2. The second-order valence-corrected chi connectivity index (χ2v) is 11.6. The Morgan fingerprint density at radius 1 is 0.690 bits per heavy atom. The van der Waals surface area contributed by atoms with Gasteiger partial charge in [-0.25, -0.2) is 9.97 Å². The summed E-state index contributed by atoms with van der Waals surface area (Å²) >= 11 is 0. The molecule has 5 aromatic rings. The molecule has 2 heterocycles. The molecule has 8 N–H and O–H groups in total. The molecule has 0 saturated carbocycles. The summed E-state index contributed by atoms with van der Waals surface area (Å²) in [5, 5.41) is 5.82. The lowest BCUT2D eigenvalue weighted by molar-refractivity contribution is -0.118. The van der Waals surface area contributed by atoms with Crippen molar-refractivity contribution in [1.82, 2.24) is 19.9 Å². The highest BCUT2D eigenvalue weighted by atomic mass is 16.2. The standard InChI is InChI=1S/C32H38N8O2/c1-17(2)13-23(33)31(41)35-19-9-11-25-27(15-19)39-29(37-25)21-7-5-6-8-22(21)30-38-26-12-10-20(16-28(26)40-30)36-32(42)24(34)14-18(3)4/h5-12,15-18,23-24H,13-14,33-34H2,1-4H3,(H,35,41)(H,36,42)(H,37,39)(H,38,40). The molecule has 0 fully saturated rings. The Kier molecular flexibility index (Phi) is 8.37. The van der Waals surface area contributed by atoms with E-state index in [1.165, 1.54) is 0 Å². The third-order valence-electron chi connectivity index (χ3n) is 7.06. The number of hydrogen-bond acceptors (Lipinski definition) is 6. The molecule has 2 aromatic heterocycles. The van der Waals surface area contributed by atoms with E-state index in [2.05, 4.69) is 20.6 Å². The van der Waals surface area contributed by atoms with E-state index in [1.807, 2.05) is 88.4 Å². The molecule has 0 saturated heterocycles. The van der Waals surface area contributed by atoms with Gasteiger partial charge in [-0.05, 0) is 61.1 Å². The average molecular weight is 567 g/mol. The van der Waals surface area contributed by atoms with E-state index in [1.54, 1.807) is 0 Å². The van der Waals surface area contributed by atoms with E-state index < -0.39 is 12.1 Å². The van der Waals surface area contributed by atoms with Crippen LogP contribution in [0.25, 0.3) is 44.8 Å². The van der Waals surface area contributed by atoms with E-state index in [4.69, 9.17) is 21.4 Å². The van der Waals surface area contributed by atoms with Crippen molar-refractivity contribution < 1.29 is 9.59 Å². The molecule has 0 radical (unpaired) electrons. The maximum atomic E-state index is 12.5. The van der Waals surface area contributed by atoms with Crippen LogP contribution in [0.15, 0.2) is 60.7 Å². The fourth-order valence-corrected chi connectivity index (χ4v) is 5.03. The van der Waals surface area contributed by atoms with Crippen LogP contribution in [0.2, 0.25) is 0 Å². The van der Waals surface area contributed by atoms with Crippen LogP contribution >= 0.6 is 0 Å². The van der Waals surface area contributed by atoms with Crippen LogP contribution in [0.3, 0.4) is 0 Å². The third kappa shape index (κ3) is 6.50. The largest absolute Gasteiger partial charge is 0.338 e. The van der Waals surface area contributed by atoms with Crippen molar-refractivity contribution in [1.29, 1.82) is 0 Å². The van der Waals surface area contributed by atoms with Crippen LogP contribution in [-0.2, 0) is 9.59 Å². The normalized spacial score (nSPS) is 13.1. The maximum Gasteiger partial charge on any atom is 0.241 e. The predicted molar refractivity (Wildman–Crippen MR) is 169 cm³/mol. The summed E-state index contributed by atoms with van der Waals surface area (Å²) in [5.74, 6) is 1.59. The number of nitrogens with zero attached hydrogens (tertiary/aromatic N) is 2. The Morgan fingerprint density at radius 2 is 1.10 bits per heavy atom. The average Bonchev–Trinajstić information content (AvgIpc) is 3.56. The molecule has 2 amide bonds. The minimum absolute atomic E-state index is 0.209. The molecular weight excluding hydrogens is 528 g/mol. The number of aromatic nitrogens is 4. The van der Waals surface area contributed by atoms with Gasteiger partial charge >= 0.3 is 0 Å². The van der Waals surface area contributed by atoms with Crippen molar-refractivity contribution in [3.05, 3.63) is 60.7 Å². The zero-order valence-corrected chi connectivity index (χ0v) is 24.4. The molecule has 3 aromatic carbocycles. The molecule has 5 rings (SSSR count). The number of H-pyrrole nitrogens is 2. The highest BCUT2D eigenvalue weighted by Gasteiger charge is 2.18. The summed E-state index contributed by atoms with van der Waals surface area (Å²) < 4.78 is 0. The number of carbonyl (C=O) groups excluding carboxylic acids is 2. The minimum Gasteiger partial charge on any atom is -0.338 e. The van der Waals surface area contributed by atoms with Crippen molar-refractivity contribution in [3.63, 3.8) is 0 Å². The van der Waals surface area contributed by atoms with Crippen molar-refractivity contribution in [2.24, 2.45) is 23.3 Å². The van der Waals surface area contributed by atoms with Crippen LogP contribution in [0.4, 0.5) is 11.4 Å². The number of anilines is 2. The van der Waals surface area contributed by atoms with Gasteiger partial charge in [-0.1, -0.05) is 52.0 Å². The van der Waals surface area contributed by atoms with Gasteiger partial charge in [0.25, 0.3) is 0 Å². The minimum atomic E-state index is -0.566. The second kappa shape index (κ2) is 12.1. The zero-order chi connectivity index (χ0) is 30.0. The highest BCUT2D eigenvalue weighted by molar-refractivity contribution is 5.98. The van der Waals surface area contributed by atoms with Gasteiger partial charge in [0.05, 0.1) is 34.2 Å². The molecule has 42 heavy (non-hydrogen) atoms. The first-order chi connectivity index (χ1) is 20.1. The second-order valence-electron chi connectivity index (χ2n) is 11.6. The zero-order valence-electron chi connectivity index (χ0n) is 24.4. The lowest BCUT2D eigenvalue weighted by Crippen LogP contribution is -2.36. The van der Waals surface area contributed by atoms with Crippen molar-refractivity contribution in [3.8, 4) is 22.8 Å². The van der Waals surface area contributed by atoms with Gasteiger partial charge in [-0.2, -0.15) is 0 Å². The van der Waals surface area contributed by atoms with Crippen LogP contribution in [0.5, 0.6) is 0 Å². The monoisotopic (exact) mass is 566 g/mol. The fourth-order valence-electron chi connectivity index (χ4n) is 5.03. The predicted octanol–water partition coefficient (Wildman–Crippen LogP) is 5.40. The molecule has 0 bridgehead atoms. The Bertz CT molecular complexity index is 1610. The van der Waals surface area contributed by atoms with Crippen LogP contribution in [0, 0.1) is 11.8 Å². The number of nitrogens with one attached hydrogen (secondary N) is 4. The summed E-state index contributed by atoms with van der Waals surface area (Å²) in [6.07, 6.45) is 1.23. The van der Waals surface area contributed by atoms with Crippen LogP contribution in [-0.4, -0.2) is 43.8 Å². The summed E-state index contributed by atoms with van der Waals surface area (Å²) in [5.41, 5.74) is 18.3. The Labute approximate surface area is 244 Å². The highest BCUT2D eigenvalue weighted by Crippen LogP contribution is 2.32. The van der Waals surface area contributed by atoms with Crippen molar-refractivity contribution >= 4 is 45.3 Å². The van der Waals surface area contributed by atoms with E-state index in [9.17, 15) is 9.59 Å². The Morgan fingerprint density at radius 3 is 1.48 bits per heavy atom. The SMILES string of the molecule is CC(C)CC(N)C(=O)Nc1ccc2nc(-c3ccccc3-c3nc4ccc(NC(=O)C(N)CC(C)C)cc4[nH]3)[nH]c2c1. The quantitative estimate of drug-likeness (QED) is 0.132. The number of benzene rings is 3. The molecule has 0 aliphatic heterocycles. The molecule has 0 aliphatic rings. The number of nitrogens with two attached hydrogens (primary N) is 2. The summed E-state index contributed by atoms with van der Waals surface area (Å²) in [6.45, 7) is 8.16. The van der Waals surface area contributed by atoms with E-state index in [0.29, 0.717) is 47.7 Å². The fraction of sp³-hybridized carbons (Fsp3) is 0.312. The van der Waals surface area contributed by atoms with Gasteiger partial charge < -0.3 is 32.1 Å². The molecule has 2 unspecified atom stereocenters. The molecule has 0 spiro atoms. The number of hydrogen-bond donors (Lipinski definition) is 6. The molecule has 10 heteroatoms. The van der Waals surface area contributed by atoms with Gasteiger partial charge in [0.2, 0.25) is 11.8 Å². The molecule has 0 aliphatic carbocycles. The smallest absolute Gasteiger partial charge is 0.241 e. The first-order valence-electron chi connectivity index (χ1n) is 14.3. The first-order valence-corrected chi connectivity index (χ1v) is 14.3. The van der Waals surface area contributed by atoms with Crippen LogP contribution in [0.1, 0.15) is 40.5 Å². The number of imidazole rings is 2. The Balaban J connectivity index is 1.40. The topological polar surface area (TPSA) is 168 Å². The lowest BCUT2D eigenvalue weighted by atomic mass is 10.0. The summed E-state index contributed by atoms with van der Waals surface area (Å²) in [6, 6.07) is 17.8. The van der Waals surface area contributed by atoms with E-state index in [0.717, 1.165) is 33.2 Å². The molecular formula is C32H38N8O2. The number of aromatic amines is 2. The molecule has 2 atom stereocenters. The molecule has 218 valence electrons. The summed E-state index contributed by atoms with van der Waals surface area (Å²) in [7, 11) is 0. The van der Waals surface area contributed by atoms with Crippen LogP contribution < -0.4 is 22.1 Å². The number of fused-ring (bicyclic) bond motifs is 2. The van der Waals surface area contributed by atoms with Gasteiger partial charge in [-0.3, -0.25) is 9.59 Å². The number of rotatable bonds is 10.